The zero-order chi connectivity index (χ0) is 18.5. The first kappa shape index (κ1) is 18.4. The lowest BCUT2D eigenvalue weighted by molar-refractivity contribution is 0.0623. The van der Waals surface area contributed by atoms with Gasteiger partial charge in [0.1, 0.15) is 12.4 Å². The second kappa shape index (κ2) is 8.32. The molecule has 1 aliphatic rings. The highest BCUT2D eigenvalue weighted by Crippen LogP contribution is 2.27. The lowest BCUT2D eigenvalue weighted by Gasteiger charge is -2.35. The molecule has 0 aliphatic carbocycles. The average molecular weight is 353 g/mol. The van der Waals surface area contributed by atoms with Gasteiger partial charge >= 0.3 is 0 Å². The van der Waals surface area contributed by atoms with Crippen LogP contribution in [0.5, 0.6) is 5.75 Å². The maximum absolute atomic E-state index is 13.0. The molecular formula is C21H27N3O2. The number of amides is 1. The van der Waals surface area contributed by atoms with Gasteiger partial charge in [-0.05, 0) is 62.4 Å². The van der Waals surface area contributed by atoms with E-state index in [1.807, 2.05) is 43.0 Å². The lowest BCUT2D eigenvalue weighted by Crippen LogP contribution is -2.47. The summed E-state index contributed by atoms with van der Waals surface area (Å²) in [7, 11) is 0. The molecule has 1 aliphatic heterocycles. The predicted molar refractivity (Wildman–Crippen MR) is 102 cm³/mol. The Balaban J connectivity index is 1.77. The Hall–Kier alpha value is -2.40. The molecule has 1 aromatic carbocycles. The molecule has 1 aromatic heterocycles. The number of rotatable bonds is 5. The second-order valence-corrected chi connectivity index (χ2v) is 6.97. The molecule has 1 saturated heterocycles. The van der Waals surface area contributed by atoms with Gasteiger partial charge in [0.15, 0.2) is 0 Å². The number of pyridine rings is 1. The molecule has 1 unspecified atom stereocenters. The zero-order valence-electron chi connectivity index (χ0n) is 15.6. The fourth-order valence-electron chi connectivity index (χ4n) is 3.62. The van der Waals surface area contributed by atoms with Crippen LogP contribution in [0.15, 0.2) is 36.7 Å². The van der Waals surface area contributed by atoms with Crippen molar-refractivity contribution < 1.29 is 9.53 Å². The molecule has 1 amide bonds. The average Bonchev–Trinajstić information content (AvgIpc) is 2.67. The van der Waals surface area contributed by atoms with E-state index in [1.165, 1.54) is 0 Å². The van der Waals surface area contributed by atoms with Crippen molar-refractivity contribution in [3.05, 3.63) is 58.9 Å². The number of hydrogen-bond acceptors (Lipinski definition) is 4. The molecule has 26 heavy (non-hydrogen) atoms. The van der Waals surface area contributed by atoms with Gasteiger partial charge in [-0.15, -0.1) is 0 Å². The van der Waals surface area contributed by atoms with E-state index in [-0.39, 0.29) is 11.9 Å². The van der Waals surface area contributed by atoms with E-state index in [4.69, 9.17) is 10.5 Å². The Morgan fingerprint density at radius 2 is 2.08 bits per heavy atom. The van der Waals surface area contributed by atoms with E-state index in [0.717, 1.165) is 48.2 Å². The summed E-state index contributed by atoms with van der Waals surface area (Å²) in [4.78, 5) is 19.0. The van der Waals surface area contributed by atoms with E-state index in [9.17, 15) is 4.79 Å². The summed E-state index contributed by atoms with van der Waals surface area (Å²) in [5.74, 6) is 0.907. The highest BCUT2D eigenvalue weighted by Gasteiger charge is 2.27. The Bertz CT molecular complexity index is 738. The van der Waals surface area contributed by atoms with Gasteiger partial charge in [-0.1, -0.05) is 6.07 Å². The fraction of sp³-hybridized carbons (Fsp3) is 0.429. The Kier molecular flexibility index (Phi) is 5.89. The number of aromatic nitrogens is 1. The van der Waals surface area contributed by atoms with E-state index >= 15 is 0 Å². The van der Waals surface area contributed by atoms with Gasteiger partial charge in [0.05, 0.1) is 0 Å². The smallest absolute Gasteiger partial charge is 0.254 e. The number of likely N-dealkylation sites (tertiary alicyclic amines) is 1. The summed E-state index contributed by atoms with van der Waals surface area (Å²) < 4.78 is 5.99. The quantitative estimate of drug-likeness (QED) is 0.896. The first-order chi connectivity index (χ1) is 12.6. The van der Waals surface area contributed by atoms with Crippen molar-refractivity contribution >= 4 is 5.91 Å². The molecule has 2 aromatic rings. The van der Waals surface area contributed by atoms with Gasteiger partial charge in [0.25, 0.3) is 5.91 Å². The summed E-state index contributed by atoms with van der Waals surface area (Å²) in [6.07, 6.45) is 6.73. The van der Waals surface area contributed by atoms with Crippen LogP contribution in [0.25, 0.3) is 0 Å². The van der Waals surface area contributed by atoms with Crippen LogP contribution in [-0.4, -0.2) is 34.9 Å². The van der Waals surface area contributed by atoms with Gasteiger partial charge in [-0.3, -0.25) is 9.78 Å². The summed E-state index contributed by atoms with van der Waals surface area (Å²) >= 11 is 0. The van der Waals surface area contributed by atoms with Crippen molar-refractivity contribution in [3.8, 4) is 5.75 Å². The van der Waals surface area contributed by atoms with Crippen molar-refractivity contribution in [2.24, 2.45) is 5.73 Å². The maximum Gasteiger partial charge on any atom is 0.254 e. The molecule has 2 N–H and O–H groups in total. The van der Waals surface area contributed by atoms with Crippen LogP contribution < -0.4 is 10.5 Å². The minimum absolute atomic E-state index is 0.0742. The van der Waals surface area contributed by atoms with Crippen molar-refractivity contribution in [3.63, 3.8) is 0 Å². The number of nitrogens with two attached hydrogens (primary N) is 1. The molecule has 0 spiro atoms. The second-order valence-electron chi connectivity index (χ2n) is 6.97. The third kappa shape index (κ3) is 4.05. The number of carbonyl (C=O) groups is 1. The van der Waals surface area contributed by atoms with Gasteiger partial charge in [0, 0.05) is 42.7 Å². The van der Waals surface area contributed by atoms with Gasteiger partial charge < -0.3 is 15.4 Å². The van der Waals surface area contributed by atoms with Crippen LogP contribution in [-0.2, 0) is 6.61 Å². The van der Waals surface area contributed by atoms with Crippen LogP contribution in [0, 0.1) is 13.8 Å². The van der Waals surface area contributed by atoms with Gasteiger partial charge in [-0.2, -0.15) is 0 Å². The lowest BCUT2D eigenvalue weighted by atomic mass is 9.99. The molecule has 0 radical (unpaired) electrons. The van der Waals surface area contributed by atoms with Crippen LogP contribution in [0.4, 0.5) is 0 Å². The number of carbonyl (C=O) groups excluding carboxylic acids is 1. The first-order valence-electron chi connectivity index (χ1n) is 9.24. The number of aryl methyl sites for hydroxylation is 2. The van der Waals surface area contributed by atoms with E-state index < -0.39 is 0 Å². The standard InChI is InChI=1S/C21H27N3O2/c1-15-10-18(21(25)24-9-4-3-7-19(24)12-22)11-16(2)20(15)26-14-17-6-5-8-23-13-17/h5-6,8,10-11,13,19H,3-4,7,9,12,14,22H2,1-2H3. The Labute approximate surface area is 155 Å². The van der Waals surface area contributed by atoms with Crippen LogP contribution >= 0.6 is 0 Å². The molecule has 5 nitrogen and oxygen atoms in total. The van der Waals surface area contributed by atoms with Crippen molar-refractivity contribution in [1.29, 1.82) is 0 Å². The highest BCUT2D eigenvalue weighted by molar-refractivity contribution is 5.95. The molecule has 0 saturated carbocycles. The first-order valence-corrected chi connectivity index (χ1v) is 9.24. The normalized spacial score (nSPS) is 17.2. The maximum atomic E-state index is 13.0. The van der Waals surface area contributed by atoms with Crippen molar-refractivity contribution in [2.75, 3.05) is 13.1 Å². The summed E-state index contributed by atoms with van der Waals surface area (Å²) in [5, 5.41) is 0. The van der Waals surface area contributed by atoms with E-state index in [1.54, 1.807) is 12.4 Å². The highest BCUT2D eigenvalue weighted by atomic mass is 16.5. The predicted octanol–water partition coefficient (Wildman–Crippen LogP) is 3.23. The third-order valence-electron chi connectivity index (χ3n) is 4.97. The fourth-order valence-corrected chi connectivity index (χ4v) is 3.62. The molecular weight excluding hydrogens is 326 g/mol. The number of piperidine rings is 1. The molecule has 1 atom stereocenters. The minimum Gasteiger partial charge on any atom is -0.488 e. The number of hydrogen-bond donors (Lipinski definition) is 1. The largest absolute Gasteiger partial charge is 0.488 e. The number of benzene rings is 1. The van der Waals surface area contributed by atoms with E-state index in [2.05, 4.69) is 4.98 Å². The van der Waals surface area contributed by atoms with Crippen molar-refractivity contribution in [2.45, 2.75) is 45.8 Å². The Morgan fingerprint density at radius 3 is 2.73 bits per heavy atom. The SMILES string of the molecule is Cc1cc(C(=O)N2CCCCC2CN)cc(C)c1OCc1cccnc1. The number of nitrogens with zero attached hydrogens (tertiary/aromatic N) is 2. The molecule has 1 fully saturated rings. The minimum atomic E-state index is 0.0742. The van der Waals surface area contributed by atoms with Crippen LogP contribution in [0.2, 0.25) is 0 Å². The summed E-state index contributed by atoms with van der Waals surface area (Å²) in [5.41, 5.74) is 9.55. The summed E-state index contributed by atoms with van der Waals surface area (Å²) in [6.45, 7) is 5.75. The zero-order valence-corrected chi connectivity index (χ0v) is 15.6. The molecule has 2 heterocycles. The van der Waals surface area contributed by atoms with E-state index in [0.29, 0.717) is 18.7 Å². The topological polar surface area (TPSA) is 68.5 Å². The van der Waals surface area contributed by atoms with Gasteiger partial charge in [0.2, 0.25) is 0 Å². The molecule has 5 heteroatoms. The number of ether oxygens (including phenoxy) is 1. The summed E-state index contributed by atoms with van der Waals surface area (Å²) in [6, 6.07) is 7.89. The van der Waals surface area contributed by atoms with Crippen molar-refractivity contribution in [1.82, 2.24) is 9.88 Å². The monoisotopic (exact) mass is 353 g/mol. The third-order valence-corrected chi connectivity index (χ3v) is 4.97. The molecule has 138 valence electrons. The Morgan fingerprint density at radius 1 is 1.31 bits per heavy atom. The van der Waals surface area contributed by atoms with Crippen LogP contribution in [0.3, 0.4) is 0 Å². The van der Waals surface area contributed by atoms with Crippen LogP contribution in [0.1, 0.15) is 46.3 Å². The van der Waals surface area contributed by atoms with Gasteiger partial charge in [-0.25, -0.2) is 0 Å². The molecule has 0 bridgehead atoms. The molecule has 3 rings (SSSR count).